The van der Waals surface area contributed by atoms with Crippen molar-refractivity contribution in [2.45, 2.75) is 24.4 Å². The largest absolute Gasteiger partial charge is 0.496 e. The molecule has 1 N–H and O–H groups in total. The molecule has 0 spiro atoms. The van der Waals surface area contributed by atoms with Crippen LogP contribution in [0.25, 0.3) is 10.9 Å². The summed E-state index contributed by atoms with van der Waals surface area (Å²) < 4.78 is 34.3. The fourth-order valence-corrected chi connectivity index (χ4v) is 6.14. The van der Waals surface area contributed by atoms with Gasteiger partial charge in [0.05, 0.1) is 12.6 Å². The molecular weight excluding hydrogens is 500 g/mol. The Bertz CT molecular complexity index is 1550. The first-order valence-corrected chi connectivity index (χ1v) is 14.0. The molecule has 9 heteroatoms. The number of carbonyl (C=O) groups is 1. The predicted molar refractivity (Wildman–Crippen MR) is 148 cm³/mol. The molecule has 0 bridgehead atoms. The van der Waals surface area contributed by atoms with Crippen molar-refractivity contribution in [3.05, 3.63) is 96.2 Å². The third kappa shape index (κ3) is 5.34. The number of carbonyl (C=O) groups excluding carboxylic acids is 1. The molecule has 5 rings (SSSR count). The van der Waals surface area contributed by atoms with E-state index in [4.69, 9.17) is 4.74 Å². The second-order valence-electron chi connectivity index (χ2n) is 9.41. The third-order valence-corrected chi connectivity index (χ3v) is 8.24. The van der Waals surface area contributed by atoms with Gasteiger partial charge in [-0.15, -0.1) is 0 Å². The van der Waals surface area contributed by atoms with Crippen molar-refractivity contribution < 1.29 is 17.9 Å². The molecule has 4 aromatic rings. The number of aromatic nitrogens is 1. The molecule has 196 valence electrons. The number of nitrogens with zero attached hydrogens (tertiary/aromatic N) is 3. The SMILES string of the molecule is COc1ccccc1CN1CCN(C(=O)c2ccc(NS(=O)(=O)c3cccc4cccnc34)cc2)C(C)C1. The average molecular weight is 531 g/mol. The second-order valence-corrected chi connectivity index (χ2v) is 11.1. The number of sulfonamides is 1. The number of methoxy groups -OCH3 is 1. The quantitative estimate of drug-likeness (QED) is 0.381. The number of para-hydroxylation sites is 2. The molecule has 0 radical (unpaired) electrons. The molecule has 1 aliphatic heterocycles. The number of nitrogens with one attached hydrogen (secondary N) is 1. The van der Waals surface area contributed by atoms with Crippen LogP contribution in [-0.4, -0.2) is 61.9 Å². The first kappa shape index (κ1) is 25.7. The minimum Gasteiger partial charge on any atom is -0.496 e. The van der Waals surface area contributed by atoms with Gasteiger partial charge in [0, 0.05) is 60.6 Å². The lowest BCUT2D eigenvalue weighted by molar-refractivity contribution is 0.0474. The van der Waals surface area contributed by atoms with Crippen LogP contribution in [0.15, 0.2) is 90.0 Å². The van der Waals surface area contributed by atoms with Crippen molar-refractivity contribution in [1.29, 1.82) is 0 Å². The van der Waals surface area contributed by atoms with Gasteiger partial charge in [-0.2, -0.15) is 0 Å². The van der Waals surface area contributed by atoms with E-state index in [2.05, 4.69) is 20.7 Å². The zero-order chi connectivity index (χ0) is 26.7. The van der Waals surface area contributed by atoms with Crippen LogP contribution in [0.5, 0.6) is 5.75 Å². The lowest BCUT2D eigenvalue weighted by Gasteiger charge is -2.40. The second kappa shape index (κ2) is 10.8. The molecule has 1 fully saturated rings. The highest BCUT2D eigenvalue weighted by Crippen LogP contribution is 2.25. The van der Waals surface area contributed by atoms with E-state index in [0.29, 0.717) is 23.3 Å². The summed E-state index contributed by atoms with van der Waals surface area (Å²) in [6.07, 6.45) is 1.57. The van der Waals surface area contributed by atoms with E-state index in [1.54, 1.807) is 49.7 Å². The van der Waals surface area contributed by atoms with Crippen LogP contribution in [-0.2, 0) is 16.6 Å². The Kier molecular flexibility index (Phi) is 7.31. The number of amides is 1. The molecule has 3 aromatic carbocycles. The highest BCUT2D eigenvalue weighted by Gasteiger charge is 2.28. The molecule has 2 heterocycles. The molecule has 0 aliphatic carbocycles. The molecule has 1 saturated heterocycles. The Morgan fingerprint density at radius 2 is 1.76 bits per heavy atom. The summed E-state index contributed by atoms with van der Waals surface area (Å²) in [5.41, 5.74) is 2.43. The summed E-state index contributed by atoms with van der Waals surface area (Å²) in [6.45, 7) is 4.92. The minimum atomic E-state index is -3.86. The third-order valence-electron chi connectivity index (χ3n) is 6.83. The molecule has 1 aromatic heterocycles. The maximum absolute atomic E-state index is 13.3. The lowest BCUT2D eigenvalue weighted by atomic mass is 10.1. The van der Waals surface area contributed by atoms with E-state index in [9.17, 15) is 13.2 Å². The Hall–Kier alpha value is -3.95. The first-order chi connectivity index (χ1) is 18.4. The summed E-state index contributed by atoms with van der Waals surface area (Å²) in [6, 6.07) is 23.2. The van der Waals surface area contributed by atoms with Gasteiger partial charge in [-0.3, -0.25) is 19.4 Å². The van der Waals surface area contributed by atoms with Gasteiger partial charge < -0.3 is 9.64 Å². The number of rotatable bonds is 7. The maximum Gasteiger partial charge on any atom is 0.264 e. The van der Waals surface area contributed by atoms with Crippen molar-refractivity contribution >= 4 is 32.5 Å². The van der Waals surface area contributed by atoms with Crippen LogP contribution in [0.2, 0.25) is 0 Å². The monoisotopic (exact) mass is 530 g/mol. The Labute approximate surface area is 222 Å². The number of anilines is 1. The van der Waals surface area contributed by atoms with Crippen molar-refractivity contribution in [3.63, 3.8) is 0 Å². The van der Waals surface area contributed by atoms with Crippen molar-refractivity contribution in [3.8, 4) is 5.75 Å². The van der Waals surface area contributed by atoms with Gasteiger partial charge >= 0.3 is 0 Å². The number of ether oxygens (including phenoxy) is 1. The molecule has 8 nitrogen and oxygen atoms in total. The van der Waals surface area contributed by atoms with E-state index >= 15 is 0 Å². The Morgan fingerprint density at radius 3 is 2.53 bits per heavy atom. The van der Waals surface area contributed by atoms with Crippen LogP contribution >= 0.6 is 0 Å². The summed E-state index contributed by atoms with van der Waals surface area (Å²) in [4.78, 5) is 21.8. The zero-order valence-corrected chi connectivity index (χ0v) is 22.2. The summed E-state index contributed by atoms with van der Waals surface area (Å²) in [5.74, 6) is 0.799. The van der Waals surface area contributed by atoms with E-state index in [1.165, 1.54) is 6.07 Å². The van der Waals surface area contributed by atoms with Gasteiger partial charge in [0.15, 0.2) is 0 Å². The zero-order valence-electron chi connectivity index (χ0n) is 21.4. The van der Waals surface area contributed by atoms with Gasteiger partial charge in [-0.05, 0) is 49.4 Å². The van der Waals surface area contributed by atoms with Gasteiger partial charge in [0.25, 0.3) is 15.9 Å². The van der Waals surface area contributed by atoms with Crippen LogP contribution in [0.4, 0.5) is 5.69 Å². The Morgan fingerprint density at radius 1 is 1.00 bits per heavy atom. The van der Waals surface area contributed by atoms with Gasteiger partial charge in [-0.1, -0.05) is 36.4 Å². The van der Waals surface area contributed by atoms with Gasteiger partial charge in [-0.25, -0.2) is 8.42 Å². The number of piperazine rings is 1. The standard InChI is InChI=1S/C29H30N4O4S/c1-21-19-32(20-24-7-3-4-10-26(24)37-2)17-18-33(21)29(34)23-12-14-25(15-13-23)31-38(35,36)27-11-5-8-22-9-6-16-30-28(22)27/h3-16,21,31H,17-20H2,1-2H3. The minimum absolute atomic E-state index is 0.0306. The van der Waals surface area contributed by atoms with Crippen molar-refractivity contribution in [2.75, 3.05) is 31.5 Å². The smallest absolute Gasteiger partial charge is 0.264 e. The van der Waals surface area contributed by atoms with Crippen molar-refractivity contribution in [2.24, 2.45) is 0 Å². The molecule has 38 heavy (non-hydrogen) atoms. The van der Waals surface area contributed by atoms with E-state index in [-0.39, 0.29) is 16.8 Å². The predicted octanol–water partition coefficient (Wildman–Crippen LogP) is 4.39. The first-order valence-electron chi connectivity index (χ1n) is 12.5. The molecule has 0 saturated carbocycles. The summed E-state index contributed by atoms with van der Waals surface area (Å²) >= 11 is 0. The van der Waals surface area contributed by atoms with E-state index in [1.807, 2.05) is 42.2 Å². The van der Waals surface area contributed by atoms with E-state index < -0.39 is 10.0 Å². The normalized spacial score (nSPS) is 16.4. The summed E-state index contributed by atoms with van der Waals surface area (Å²) in [7, 11) is -2.19. The molecule has 1 amide bonds. The maximum atomic E-state index is 13.3. The lowest BCUT2D eigenvalue weighted by Crippen LogP contribution is -2.53. The number of fused-ring (bicyclic) bond motifs is 1. The van der Waals surface area contributed by atoms with Crippen LogP contribution < -0.4 is 9.46 Å². The highest BCUT2D eigenvalue weighted by atomic mass is 32.2. The molecule has 1 unspecified atom stereocenters. The number of pyridine rings is 1. The topological polar surface area (TPSA) is 91.8 Å². The number of hydrogen-bond donors (Lipinski definition) is 1. The molecular formula is C29H30N4O4S. The number of hydrogen-bond acceptors (Lipinski definition) is 6. The summed E-state index contributed by atoms with van der Waals surface area (Å²) in [5, 5.41) is 0.744. The fraction of sp³-hybridized carbons (Fsp3) is 0.241. The fourth-order valence-electron chi connectivity index (χ4n) is 4.90. The van der Waals surface area contributed by atoms with Gasteiger partial charge in [0.2, 0.25) is 0 Å². The molecule has 1 atom stereocenters. The van der Waals surface area contributed by atoms with Crippen LogP contribution in [0.3, 0.4) is 0 Å². The molecule has 1 aliphatic rings. The van der Waals surface area contributed by atoms with Crippen LogP contribution in [0, 0.1) is 0 Å². The van der Waals surface area contributed by atoms with E-state index in [0.717, 1.165) is 36.3 Å². The van der Waals surface area contributed by atoms with Gasteiger partial charge in [0.1, 0.15) is 10.6 Å². The number of benzene rings is 3. The Balaban J connectivity index is 1.24. The highest BCUT2D eigenvalue weighted by molar-refractivity contribution is 7.93. The van der Waals surface area contributed by atoms with Crippen molar-refractivity contribution in [1.82, 2.24) is 14.8 Å². The average Bonchev–Trinajstić information content (AvgIpc) is 2.93. The van der Waals surface area contributed by atoms with Crippen LogP contribution in [0.1, 0.15) is 22.8 Å².